The maximum absolute atomic E-state index is 12.1. The molecule has 16 heavy (non-hydrogen) atoms. The molecule has 2 nitrogen and oxygen atoms in total. The molecule has 0 aromatic heterocycles. The highest BCUT2D eigenvalue weighted by atomic mass is 16.2. The maximum Gasteiger partial charge on any atom is 0.222 e. The average molecular weight is 223 g/mol. The molecule has 1 aliphatic heterocycles. The van der Waals surface area contributed by atoms with Gasteiger partial charge in [0.15, 0.2) is 0 Å². The van der Waals surface area contributed by atoms with E-state index in [1.165, 1.54) is 44.9 Å². The summed E-state index contributed by atoms with van der Waals surface area (Å²) in [5.41, 5.74) is 0. The first-order valence-corrected chi connectivity index (χ1v) is 7.03. The Morgan fingerprint density at radius 3 is 2.56 bits per heavy atom. The molecule has 1 unspecified atom stereocenters. The van der Waals surface area contributed by atoms with Crippen LogP contribution in [0.15, 0.2) is 0 Å². The van der Waals surface area contributed by atoms with Gasteiger partial charge in [-0.25, -0.2) is 0 Å². The fraction of sp³-hybridized carbons (Fsp3) is 0.929. The maximum atomic E-state index is 12.1. The van der Waals surface area contributed by atoms with Gasteiger partial charge >= 0.3 is 0 Å². The van der Waals surface area contributed by atoms with E-state index in [4.69, 9.17) is 0 Å². The lowest BCUT2D eigenvalue weighted by Crippen LogP contribution is -2.39. The third kappa shape index (κ3) is 3.23. The van der Waals surface area contributed by atoms with Crippen LogP contribution in [0.4, 0.5) is 0 Å². The van der Waals surface area contributed by atoms with Crippen molar-refractivity contribution in [3.63, 3.8) is 0 Å². The molecule has 0 N–H and O–H groups in total. The van der Waals surface area contributed by atoms with E-state index in [-0.39, 0.29) is 0 Å². The predicted molar refractivity (Wildman–Crippen MR) is 66.2 cm³/mol. The minimum atomic E-state index is 0.429. The molecule has 0 spiro atoms. The fourth-order valence-corrected chi connectivity index (χ4v) is 3.18. The topological polar surface area (TPSA) is 20.3 Å². The molecule has 2 rings (SSSR count). The standard InChI is InChI=1S/C14H25NO/c1-12-6-5-9-15(11-12)14(16)10-13-7-3-2-4-8-13/h12-13H,2-11H2,1H3. The first-order chi connectivity index (χ1) is 7.75. The summed E-state index contributed by atoms with van der Waals surface area (Å²) in [6.45, 7) is 4.28. The summed E-state index contributed by atoms with van der Waals surface area (Å²) >= 11 is 0. The Morgan fingerprint density at radius 1 is 1.12 bits per heavy atom. The summed E-state index contributed by atoms with van der Waals surface area (Å²) in [7, 11) is 0. The zero-order valence-corrected chi connectivity index (χ0v) is 10.6. The lowest BCUT2D eigenvalue weighted by atomic mass is 9.86. The Labute approximate surface area is 99.4 Å². The Morgan fingerprint density at radius 2 is 1.88 bits per heavy atom. The van der Waals surface area contributed by atoms with Gasteiger partial charge in [-0.15, -0.1) is 0 Å². The smallest absolute Gasteiger partial charge is 0.222 e. The predicted octanol–water partition coefficient (Wildman–Crippen LogP) is 3.22. The molecule has 2 aliphatic rings. The third-order valence-corrected chi connectivity index (χ3v) is 4.20. The second-order valence-electron chi connectivity index (χ2n) is 5.80. The van der Waals surface area contributed by atoms with E-state index in [2.05, 4.69) is 11.8 Å². The zero-order chi connectivity index (χ0) is 11.4. The number of carbonyl (C=O) groups is 1. The number of carbonyl (C=O) groups excluding carboxylic acids is 1. The van der Waals surface area contributed by atoms with Crippen LogP contribution in [0.2, 0.25) is 0 Å². The highest BCUT2D eigenvalue weighted by molar-refractivity contribution is 5.76. The molecule has 0 bridgehead atoms. The molecule has 2 heteroatoms. The molecule has 1 atom stereocenters. The van der Waals surface area contributed by atoms with Gasteiger partial charge in [0.25, 0.3) is 0 Å². The zero-order valence-electron chi connectivity index (χ0n) is 10.6. The summed E-state index contributed by atoms with van der Waals surface area (Å²) < 4.78 is 0. The number of likely N-dealkylation sites (tertiary alicyclic amines) is 1. The van der Waals surface area contributed by atoms with Gasteiger partial charge in [0, 0.05) is 19.5 Å². The third-order valence-electron chi connectivity index (χ3n) is 4.20. The number of hydrogen-bond acceptors (Lipinski definition) is 1. The van der Waals surface area contributed by atoms with Crippen molar-refractivity contribution < 1.29 is 4.79 Å². The van der Waals surface area contributed by atoms with Gasteiger partial charge in [0.1, 0.15) is 0 Å². The largest absolute Gasteiger partial charge is 0.342 e. The molecule has 1 amide bonds. The van der Waals surface area contributed by atoms with Crippen LogP contribution in [-0.4, -0.2) is 23.9 Å². The minimum absolute atomic E-state index is 0.429. The number of amides is 1. The molecule has 2 fully saturated rings. The molecular weight excluding hydrogens is 198 g/mol. The minimum Gasteiger partial charge on any atom is -0.342 e. The Kier molecular flexibility index (Phi) is 4.25. The molecule has 0 aromatic rings. The van der Waals surface area contributed by atoms with Crippen LogP contribution in [0.25, 0.3) is 0 Å². The number of nitrogens with zero attached hydrogens (tertiary/aromatic N) is 1. The van der Waals surface area contributed by atoms with Crippen LogP contribution in [0, 0.1) is 11.8 Å². The lowest BCUT2D eigenvalue weighted by molar-refractivity contribution is -0.134. The Hall–Kier alpha value is -0.530. The van der Waals surface area contributed by atoms with E-state index in [0.717, 1.165) is 19.5 Å². The van der Waals surface area contributed by atoms with E-state index in [9.17, 15) is 4.79 Å². The Bertz CT molecular complexity index is 233. The normalized spacial score (nSPS) is 28.1. The van der Waals surface area contributed by atoms with Gasteiger partial charge in [0.05, 0.1) is 0 Å². The fourth-order valence-electron chi connectivity index (χ4n) is 3.18. The van der Waals surface area contributed by atoms with Gasteiger partial charge in [-0.3, -0.25) is 4.79 Å². The first kappa shape index (κ1) is 11.9. The van der Waals surface area contributed by atoms with E-state index in [1.54, 1.807) is 0 Å². The molecule has 0 radical (unpaired) electrons. The summed E-state index contributed by atoms with van der Waals surface area (Å²) in [4.78, 5) is 14.3. The lowest BCUT2D eigenvalue weighted by Gasteiger charge is -2.32. The quantitative estimate of drug-likeness (QED) is 0.704. The van der Waals surface area contributed by atoms with Crippen LogP contribution in [0.1, 0.15) is 58.3 Å². The second-order valence-corrected chi connectivity index (χ2v) is 5.80. The van der Waals surface area contributed by atoms with Crippen molar-refractivity contribution in [3.05, 3.63) is 0 Å². The van der Waals surface area contributed by atoms with Gasteiger partial charge in [-0.2, -0.15) is 0 Å². The van der Waals surface area contributed by atoms with Crippen molar-refractivity contribution in [2.24, 2.45) is 11.8 Å². The highest BCUT2D eigenvalue weighted by Crippen LogP contribution is 2.27. The molecular formula is C14H25NO. The van der Waals surface area contributed by atoms with Crippen molar-refractivity contribution in [1.82, 2.24) is 4.90 Å². The molecule has 1 saturated carbocycles. The van der Waals surface area contributed by atoms with Crippen molar-refractivity contribution in [2.75, 3.05) is 13.1 Å². The van der Waals surface area contributed by atoms with Gasteiger partial charge in [-0.05, 0) is 37.5 Å². The molecule has 92 valence electrons. The van der Waals surface area contributed by atoms with Crippen molar-refractivity contribution in [1.29, 1.82) is 0 Å². The SMILES string of the molecule is CC1CCCN(C(=O)CC2CCCCC2)C1. The monoisotopic (exact) mass is 223 g/mol. The molecule has 1 heterocycles. The van der Waals surface area contributed by atoms with Crippen molar-refractivity contribution in [2.45, 2.75) is 58.3 Å². The average Bonchev–Trinajstić information content (AvgIpc) is 2.30. The van der Waals surface area contributed by atoms with Crippen molar-refractivity contribution >= 4 is 5.91 Å². The summed E-state index contributed by atoms with van der Waals surface area (Å²) in [6.07, 6.45) is 9.97. The molecule has 1 aliphatic carbocycles. The summed E-state index contributed by atoms with van der Waals surface area (Å²) in [5, 5.41) is 0. The summed E-state index contributed by atoms with van der Waals surface area (Å²) in [5.74, 6) is 1.83. The number of piperidine rings is 1. The van der Waals surface area contributed by atoms with Crippen LogP contribution in [0.3, 0.4) is 0 Å². The Balaban J connectivity index is 1.77. The molecule has 1 saturated heterocycles. The van der Waals surface area contributed by atoms with E-state index in [0.29, 0.717) is 17.7 Å². The van der Waals surface area contributed by atoms with Crippen LogP contribution < -0.4 is 0 Å². The van der Waals surface area contributed by atoms with E-state index in [1.807, 2.05) is 0 Å². The first-order valence-electron chi connectivity index (χ1n) is 7.03. The van der Waals surface area contributed by atoms with Gasteiger partial charge in [0.2, 0.25) is 5.91 Å². The van der Waals surface area contributed by atoms with Crippen LogP contribution in [0.5, 0.6) is 0 Å². The second kappa shape index (κ2) is 5.70. The van der Waals surface area contributed by atoms with Crippen LogP contribution >= 0.6 is 0 Å². The molecule has 0 aromatic carbocycles. The van der Waals surface area contributed by atoms with Gasteiger partial charge < -0.3 is 4.90 Å². The van der Waals surface area contributed by atoms with Gasteiger partial charge in [-0.1, -0.05) is 26.2 Å². The van der Waals surface area contributed by atoms with E-state index < -0.39 is 0 Å². The van der Waals surface area contributed by atoms with Crippen LogP contribution in [-0.2, 0) is 4.79 Å². The van der Waals surface area contributed by atoms with Crippen molar-refractivity contribution in [3.8, 4) is 0 Å². The summed E-state index contributed by atoms with van der Waals surface area (Å²) in [6, 6.07) is 0. The van der Waals surface area contributed by atoms with E-state index >= 15 is 0 Å². The highest BCUT2D eigenvalue weighted by Gasteiger charge is 2.24. The number of hydrogen-bond donors (Lipinski definition) is 0. The number of rotatable bonds is 2.